The van der Waals surface area contributed by atoms with Crippen molar-refractivity contribution < 1.29 is 9.32 Å². The first-order valence-corrected chi connectivity index (χ1v) is 8.54. The van der Waals surface area contributed by atoms with Crippen molar-refractivity contribution in [3.8, 4) is 11.4 Å². The molecule has 4 heterocycles. The summed E-state index contributed by atoms with van der Waals surface area (Å²) >= 11 is 0. The van der Waals surface area contributed by atoms with Gasteiger partial charge in [0.2, 0.25) is 11.7 Å². The predicted molar refractivity (Wildman–Crippen MR) is 93.2 cm³/mol. The number of pyridine rings is 1. The normalized spacial score (nSPS) is 17.2. The van der Waals surface area contributed by atoms with Gasteiger partial charge in [0.05, 0.1) is 0 Å². The minimum atomic E-state index is -0.213. The van der Waals surface area contributed by atoms with Crippen LogP contribution in [-0.4, -0.2) is 42.7 Å². The summed E-state index contributed by atoms with van der Waals surface area (Å²) in [6.07, 6.45) is 4.15. The van der Waals surface area contributed by atoms with Crippen molar-refractivity contribution in [2.24, 2.45) is 0 Å². The fourth-order valence-electron chi connectivity index (χ4n) is 2.83. The maximum atomic E-state index is 12.8. The fourth-order valence-corrected chi connectivity index (χ4v) is 2.83. The summed E-state index contributed by atoms with van der Waals surface area (Å²) in [5.41, 5.74) is 2.02. The van der Waals surface area contributed by atoms with Crippen LogP contribution in [0.2, 0.25) is 0 Å². The Morgan fingerprint density at radius 3 is 2.85 bits per heavy atom. The number of rotatable bonds is 3. The lowest BCUT2D eigenvalue weighted by Crippen LogP contribution is -2.45. The lowest BCUT2D eigenvalue weighted by molar-refractivity contribution is 0.0373. The van der Waals surface area contributed by atoms with Gasteiger partial charge < -0.3 is 9.42 Å². The van der Waals surface area contributed by atoms with E-state index >= 15 is 0 Å². The number of aromatic nitrogens is 5. The average Bonchev–Trinajstić information content (AvgIpc) is 3.24. The molecule has 0 bridgehead atoms. The zero-order valence-corrected chi connectivity index (χ0v) is 14.9. The molecule has 0 radical (unpaired) electrons. The van der Waals surface area contributed by atoms with Crippen molar-refractivity contribution >= 4 is 5.91 Å². The van der Waals surface area contributed by atoms with E-state index in [0.717, 1.165) is 17.7 Å². The highest BCUT2D eigenvalue weighted by Gasteiger charge is 2.39. The van der Waals surface area contributed by atoms with Gasteiger partial charge in [-0.3, -0.25) is 14.9 Å². The minimum Gasteiger partial charge on any atom is -0.337 e. The smallest absolute Gasteiger partial charge is 0.275 e. The molecule has 0 aliphatic carbocycles. The number of nitrogens with one attached hydrogen (secondary N) is 1. The highest BCUT2D eigenvalue weighted by molar-refractivity contribution is 5.93. The molecule has 1 aliphatic heterocycles. The third kappa shape index (κ3) is 2.87. The molecule has 3 aromatic heterocycles. The van der Waals surface area contributed by atoms with Gasteiger partial charge in [0, 0.05) is 35.6 Å². The van der Waals surface area contributed by atoms with Crippen LogP contribution in [0.15, 0.2) is 35.1 Å². The maximum Gasteiger partial charge on any atom is 0.275 e. The van der Waals surface area contributed by atoms with E-state index in [0.29, 0.717) is 24.0 Å². The summed E-state index contributed by atoms with van der Waals surface area (Å²) in [6, 6.07) is 5.28. The Morgan fingerprint density at radius 1 is 1.38 bits per heavy atom. The zero-order chi connectivity index (χ0) is 18.3. The molecule has 0 unspecified atom stereocenters. The largest absolute Gasteiger partial charge is 0.337 e. The molecule has 26 heavy (non-hydrogen) atoms. The van der Waals surface area contributed by atoms with Crippen LogP contribution in [0.4, 0.5) is 0 Å². The third-order valence-corrected chi connectivity index (χ3v) is 4.53. The Hall–Kier alpha value is -3.03. The van der Waals surface area contributed by atoms with Gasteiger partial charge in [-0.25, -0.2) is 0 Å². The van der Waals surface area contributed by atoms with Crippen LogP contribution in [0.1, 0.15) is 55.3 Å². The molecule has 4 rings (SSSR count). The molecular formula is C18H20N6O2. The first kappa shape index (κ1) is 16.4. The van der Waals surface area contributed by atoms with E-state index in [1.165, 1.54) is 0 Å². The molecule has 0 spiro atoms. The van der Waals surface area contributed by atoms with Gasteiger partial charge in [-0.05, 0) is 24.6 Å². The van der Waals surface area contributed by atoms with Crippen LogP contribution < -0.4 is 0 Å². The van der Waals surface area contributed by atoms with Gasteiger partial charge in [0.1, 0.15) is 11.7 Å². The second kappa shape index (κ2) is 6.05. The third-order valence-electron chi connectivity index (χ3n) is 4.53. The Kier molecular flexibility index (Phi) is 3.82. The van der Waals surface area contributed by atoms with E-state index in [9.17, 15) is 4.79 Å². The molecule has 1 N–H and O–H groups in total. The standard InChI is InChI=1S/C18H20N6O2/c1-18(2,3)14-9-12(21-22-14)17(25)24-8-6-13(24)16-20-15(23-26-16)11-5-4-7-19-10-11/h4-5,7,9-10,13H,6,8H2,1-3H3,(H,21,22)/t13-/m0/s1. The van der Waals surface area contributed by atoms with Gasteiger partial charge in [-0.2, -0.15) is 10.1 Å². The van der Waals surface area contributed by atoms with Crippen LogP contribution >= 0.6 is 0 Å². The molecule has 8 nitrogen and oxygen atoms in total. The Morgan fingerprint density at radius 2 is 2.23 bits per heavy atom. The molecule has 0 aromatic carbocycles. The zero-order valence-electron chi connectivity index (χ0n) is 14.9. The maximum absolute atomic E-state index is 12.8. The Bertz CT molecular complexity index is 925. The molecule has 0 saturated carbocycles. The van der Waals surface area contributed by atoms with Crippen LogP contribution in [0, 0.1) is 0 Å². The monoisotopic (exact) mass is 352 g/mol. The minimum absolute atomic E-state index is 0.0923. The van der Waals surface area contributed by atoms with Crippen molar-refractivity contribution in [1.82, 2.24) is 30.2 Å². The first-order valence-electron chi connectivity index (χ1n) is 8.54. The number of amides is 1. The van der Waals surface area contributed by atoms with Crippen molar-refractivity contribution in [1.29, 1.82) is 0 Å². The van der Waals surface area contributed by atoms with E-state index in [4.69, 9.17) is 4.52 Å². The molecule has 134 valence electrons. The van der Waals surface area contributed by atoms with Gasteiger partial charge in [0.15, 0.2) is 0 Å². The number of nitrogens with zero attached hydrogens (tertiary/aromatic N) is 5. The summed E-state index contributed by atoms with van der Waals surface area (Å²) in [6.45, 7) is 6.85. The highest BCUT2D eigenvalue weighted by atomic mass is 16.5. The summed E-state index contributed by atoms with van der Waals surface area (Å²) in [5.74, 6) is 0.784. The SMILES string of the molecule is CC(C)(C)c1cc(C(=O)N2CC[C@H]2c2nc(-c3cccnc3)no2)n[nH]1. The van der Waals surface area contributed by atoms with Crippen LogP contribution in [0.3, 0.4) is 0 Å². The number of likely N-dealkylation sites (tertiary alicyclic amines) is 1. The molecule has 8 heteroatoms. The molecule has 1 saturated heterocycles. The average molecular weight is 352 g/mol. The van der Waals surface area contributed by atoms with Gasteiger partial charge in [0.25, 0.3) is 5.91 Å². The number of hydrogen-bond donors (Lipinski definition) is 1. The van der Waals surface area contributed by atoms with E-state index in [1.54, 1.807) is 17.3 Å². The van der Waals surface area contributed by atoms with Gasteiger partial charge >= 0.3 is 0 Å². The summed E-state index contributed by atoms with van der Waals surface area (Å²) < 4.78 is 5.39. The van der Waals surface area contributed by atoms with Gasteiger partial charge in [-0.15, -0.1) is 0 Å². The molecule has 1 aliphatic rings. The fraction of sp³-hybridized carbons (Fsp3) is 0.389. The summed E-state index contributed by atoms with van der Waals surface area (Å²) in [4.78, 5) is 23.0. The van der Waals surface area contributed by atoms with E-state index in [2.05, 4.69) is 46.1 Å². The number of H-pyrrole nitrogens is 1. The van der Waals surface area contributed by atoms with Crippen molar-refractivity contribution in [3.05, 3.63) is 47.9 Å². The quantitative estimate of drug-likeness (QED) is 0.778. The van der Waals surface area contributed by atoms with E-state index in [-0.39, 0.29) is 17.4 Å². The number of carbonyl (C=O) groups is 1. The highest BCUT2D eigenvalue weighted by Crippen LogP contribution is 2.34. The topological polar surface area (TPSA) is 101 Å². The van der Waals surface area contributed by atoms with E-state index < -0.39 is 0 Å². The van der Waals surface area contributed by atoms with Crippen LogP contribution in [0.5, 0.6) is 0 Å². The second-order valence-corrected chi connectivity index (χ2v) is 7.42. The van der Waals surface area contributed by atoms with Crippen molar-refractivity contribution in [3.63, 3.8) is 0 Å². The van der Waals surface area contributed by atoms with Crippen molar-refractivity contribution in [2.75, 3.05) is 6.54 Å². The van der Waals surface area contributed by atoms with Crippen LogP contribution in [0.25, 0.3) is 11.4 Å². The summed E-state index contributed by atoms with van der Waals surface area (Å²) in [5, 5.41) is 11.1. The molecule has 1 atom stereocenters. The molecule has 3 aromatic rings. The molecule has 1 amide bonds. The number of hydrogen-bond acceptors (Lipinski definition) is 6. The predicted octanol–water partition coefficient (Wildman–Crippen LogP) is 2.74. The van der Waals surface area contributed by atoms with Gasteiger partial charge in [-0.1, -0.05) is 25.9 Å². The molecule has 1 fully saturated rings. The van der Waals surface area contributed by atoms with Crippen LogP contribution in [-0.2, 0) is 5.41 Å². The second-order valence-electron chi connectivity index (χ2n) is 7.42. The Labute approximate surface area is 150 Å². The Balaban J connectivity index is 1.52. The first-order chi connectivity index (χ1) is 12.4. The molecular weight excluding hydrogens is 332 g/mol. The van der Waals surface area contributed by atoms with E-state index in [1.807, 2.05) is 18.2 Å². The lowest BCUT2D eigenvalue weighted by Gasteiger charge is -2.37. The summed E-state index contributed by atoms with van der Waals surface area (Å²) in [7, 11) is 0. The number of aromatic amines is 1. The van der Waals surface area contributed by atoms with Crippen molar-refractivity contribution in [2.45, 2.75) is 38.6 Å². The number of carbonyl (C=O) groups excluding carboxylic acids is 1. The lowest BCUT2D eigenvalue weighted by atomic mass is 9.92.